The van der Waals surface area contributed by atoms with Crippen LogP contribution >= 0.6 is 11.3 Å². The molecule has 1 unspecified atom stereocenters. The number of carbonyl (C=O) groups excluding carboxylic acids is 3. The van der Waals surface area contributed by atoms with Crippen molar-refractivity contribution in [3.63, 3.8) is 0 Å². The highest BCUT2D eigenvalue weighted by Crippen LogP contribution is 2.32. The number of aliphatic hydroxyl groups excluding tert-OH is 1. The van der Waals surface area contributed by atoms with Gasteiger partial charge in [0.25, 0.3) is 0 Å². The van der Waals surface area contributed by atoms with Crippen molar-refractivity contribution in [1.29, 1.82) is 0 Å². The number of benzene rings is 1. The molecule has 3 rings (SSSR count). The summed E-state index contributed by atoms with van der Waals surface area (Å²) in [5, 5.41) is 15.1. The van der Waals surface area contributed by atoms with Gasteiger partial charge in [0.15, 0.2) is 5.69 Å². The molecule has 1 aromatic carbocycles. The lowest BCUT2D eigenvalue weighted by Gasteiger charge is -2.38. The number of nitrogens with one attached hydrogen (secondary N) is 1. The molecule has 1 saturated heterocycles. The van der Waals surface area contributed by atoms with Crippen molar-refractivity contribution in [2.75, 3.05) is 20.6 Å². The van der Waals surface area contributed by atoms with Crippen molar-refractivity contribution in [3.05, 3.63) is 45.2 Å². The van der Waals surface area contributed by atoms with Crippen LogP contribution in [0.1, 0.15) is 81.9 Å². The zero-order valence-electron chi connectivity index (χ0n) is 26.2. The second kappa shape index (κ2) is 14.5. The van der Waals surface area contributed by atoms with E-state index in [1.54, 1.807) is 7.05 Å². The Labute approximate surface area is 262 Å². The van der Waals surface area contributed by atoms with Gasteiger partial charge < -0.3 is 20.1 Å². The van der Waals surface area contributed by atoms with E-state index in [1.807, 2.05) is 46.6 Å². The first kappa shape index (κ1) is 36.3. The molecule has 15 heteroatoms. The number of amides is 2. The number of esters is 1. The van der Waals surface area contributed by atoms with E-state index in [0.717, 1.165) is 29.7 Å². The second-order valence-corrected chi connectivity index (χ2v) is 12.9. The van der Waals surface area contributed by atoms with Gasteiger partial charge >= 0.3 is 5.97 Å². The van der Waals surface area contributed by atoms with Gasteiger partial charge in [0.05, 0.1) is 5.54 Å². The summed E-state index contributed by atoms with van der Waals surface area (Å²) in [6.45, 7) is 10.1. The third-order valence-electron chi connectivity index (χ3n) is 8.71. The maximum Gasteiger partial charge on any atom is 0.363 e. The Kier molecular flexibility index (Phi) is 11.7. The molecule has 2 heterocycles. The van der Waals surface area contributed by atoms with Crippen LogP contribution in [0.5, 0.6) is 5.75 Å². The summed E-state index contributed by atoms with van der Waals surface area (Å²) < 4.78 is 72.7. The quantitative estimate of drug-likeness (QED) is 0.108. The molecule has 1 fully saturated rings. The lowest BCUT2D eigenvalue weighted by atomic mass is 9.91. The largest absolute Gasteiger partial charge is 0.415 e. The predicted molar refractivity (Wildman–Crippen MR) is 156 cm³/mol. The van der Waals surface area contributed by atoms with Crippen LogP contribution in [0, 0.1) is 40.9 Å². The van der Waals surface area contributed by atoms with Crippen molar-refractivity contribution in [2.45, 2.75) is 84.0 Å². The molecule has 0 bridgehead atoms. The first-order chi connectivity index (χ1) is 21.0. The van der Waals surface area contributed by atoms with Crippen molar-refractivity contribution in [2.24, 2.45) is 11.8 Å². The average molecular weight is 663 g/mol. The Morgan fingerprint density at radius 3 is 2.20 bits per heavy atom. The summed E-state index contributed by atoms with van der Waals surface area (Å²) >= 11 is 0.802. The summed E-state index contributed by atoms with van der Waals surface area (Å²) in [5.74, 6) is -15.8. The van der Waals surface area contributed by atoms with E-state index in [1.165, 1.54) is 4.90 Å². The Bertz CT molecular complexity index is 1400. The standard InChI is InChI=1S/C30H39F5N4O5S/c1-8-15(4)24(37-29(43)30(5)10-9-11-38(30)6)27(41)39(7)17(14(2)3)12-18(40)26-36-16(13-45-26)28(42)44-25-22(34)20(32)19(31)21(33)23(25)35/h13-15,17-18,24,40H,8-12H2,1-7H3,(H,37,43)/t15-,17?,18-,24-,30+/m0/s1. The predicted octanol–water partition coefficient (Wildman–Crippen LogP) is 4.98. The van der Waals surface area contributed by atoms with Crippen molar-refractivity contribution in [1.82, 2.24) is 20.1 Å². The monoisotopic (exact) mass is 662 g/mol. The first-order valence-electron chi connectivity index (χ1n) is 14.6. The molecule has 5 atom stereocenters. The fourth-order valence-electron chi connectivity index (χ4n) is 5.31. The number of thiazole rings is 1. The van der Waals surface area contributed by atoms with Crippen LogP contribution in [-0.4, -0.2) is 75.9 Å². The number of nitrogens with zero attached hydrogens (tertiary/aromatic N) is 3. The van der Waals surface area contributed by atoms with Crippen LogP contribution in [0.25, 0.3) is 0 Å². The minimum Gasteiger partial charge on any atom is -0.415 e. The Hall–Kier alpha value is -3.17. The number of ether oxygens (including phenoxy) is 1. The van der Waals surface area contributed by atoms with Crippen LogP contribution < -0.4 is 10.1 Å². The van der Waals surface area contributed by atoms with Gasteiger partial charge in [-0.1, -0.05) is 34.1 Å². The highest BCUT2D eigenvalue weighted by atomic mass is 32.1. The van der Waals surface area contributed by atoms with Crippen molar-refractivity contribution >= 4 is 29.1 Å². The summed E-state index contributed by atoms with van der Waals surface area (Å²) in [6, 6.07) is -1.37. The van der Waals surface area contributed by atoms with Crippen LogP contribution in [0.4, 0.5) is 22.0 Å². The Balaban J connectivity index is 1.76. The summed E-state index contributed by atoms with van der Waals surface area (Å²) in [4.78, 5) is 47.1. The fraction of sp³-hybridized carbons (Fsp3) is 0.600. The van der Waals surface area contributed by atoms with Gasteiger partial charge in [-0.25, -0.2) is 22.9 Å². The van der Waals surface area contributed by atoms with Crippen LogP contribution in [0.3, 0.4) is 0 Å². The maximum atomic E-state index is 14.0. The number of likely N-dealkylation sites (tertiary alicyclic amines) is 1. The summed E-state index contributed by atoms with van der Waals surface area (Å²) in [6.07, 6.45) is 0.813. The molecule has 250 valence electrons. The molecule has 1 aromatic heterocycles. The molecule has 0 aliphatic carbocycles. The number of rotatable bonds is 12. The van der Waals surface area contributed by atoms with Crippen LogP contribution in [-0.2, 0) is 9.59 Å². The van der Waals surface area contributed by atoms with Crippen LogP contribution in [0.15, 0.2) is 5.38 Å². The smallest absolute Gasteiger partial charge is 0.363 e. The van der Waals surface area contributed by atoms with Crippen molar-refractivity contribution < 1.29 is 46.2 Å². The zero-order chi connectivity index (χ0) is 34.0. The van der Waals surface area contributed by atoms with E-state index >= 15 is 0 Å². The summed E-state index contributed by atoms with van der Waals surface area (Å²) in [5.41, 5.74) is -1.27. The Morgan fingerprint density at radius 1 is 1.11 bits per heavy atom. The SMILES string of the molecule is CC[C@H](C)[C@H](NC(=O)[C@@]1(C)CCCN1C)C(=O)N(C)C(C[C@H](O)c1nc(C(=O)Oc2c(F)c(F)c(F)c(F)c2F)cs1)C(C)C. The Morgan fingerprint density at radius 2 is 1.69 bits per heavy atom. The number of aliphatic hydroxyl groups is 1. The van der Waals surface area contributed by atoms with Gasteiger partial charge in [-0.3, -0.25) is 14.5 Å². The molecule has 0 saturated carbocycles. The molecular weight excluding hydrogens is 623 g/mol. The van der Waals surface area contributed by atoms with E-state index in [4.69, 9.17) is 0 Å². The van der Waals surface area contributed by atoms with Gasteiger partial charge in [-0.15, -0.1) is 11.3 Å². The number of aromatic nitrogens is 1. The van der Waals surface area contributed by atoms with Gasteiger partial charge in [0.1, 0.15) is 17.2 Å². The molecule has 1 aliphatic heterocycles. The van der Waals surface area contributed by atoms with E-state index in [2.05, 4.69) is 15.0 Å². The molecule has 1 aliphatic rings. The molecule has 2 aromatic rings. The topological polar surface area (TPSA) is 112 Å². The number of likely N-dealkylation sites (N-methyl/N-ethyl adjacent to an activating group) is 2. The molecule has 2 N–H and O–H groups in total. The minimum atomic E-state index is -2.40. The molecule has 0 spiro atoms. The number of halogens is 5. The van der Waals surface area contributed by atoms with Crippen molar-refractivity contribution in [3.8, 4) is 5.75 Å². The molecule has 9 nitrogen and oxygen atoms in total. The minimum absolute atomic E-state index is 0.00478. The first-order valence-corrected chi connectivity index (χ1v) is 15.5. The molecular formula is C30H39F5N4O5S. The lowest BCUT2D eigenvalue weighted by molar-refractivity contribution is -0.142. The normalized spacial score (nSPS) is 19.7. The average Bonchev–Trinajstić information content (AvgIpc) is 3.64. The third-order valence-corrected chi connectivity index (χ3v) is 9.66. The molecule has 2 amide bonds. The lowest BCUT2D eigenvalue weighted by Crippen LogP contribution is -2.60. The van der Waals surface area contributed by atoms with E-state index in [9.17, 15) is 41.4 Å². The number of hydrogen-bond donors (Lipinski definition) is 2. The number of hydrogen-bond acceptors (Lipinski definition) is 8. The molecule has 45 heavy (non-hydrogen) atoms. The summed E-state index contributed by atoms with van der Waals surface area (Å²) in [7, 11) is 3.46. The van der Waals surface area contributed by atoms with E-state index in [0.29, 0.717) is 12.8 Å². The second-order valence-electron chi connectivity index (χ2n) is 12.0. The third kappa shape index (κ3) is 7.46. The van der Waals surface area contributed by atoms with Gasteiger partial charge in [-0.2, -0.15) is 8.78 Å². The van der Waals surface area contributed by atoms with Gasteiger partial charge in [0.2, 0.25) is 46.6 Å². The van der Waals surface area contributed by atoms with E-state index < -0.39 is 70.2 Å². The maximum absolute atomic E-state index is 14.0. The zero-order valence-corrected chi connectivity index (χ0v) is 27.0. The molecule has 0 radical (unpaired) electrons. The van der Waals surface area contributed by atoms with Gasteiger partial charge in [-0.05, 0) is 45.2 Å². The van der Waals surface area contributed by atoms with E-state index in [-0.39, 0.29) is 35.1 Å². The van der Waals surface area contributed by atoms with Crippen LogP contribution in [0.2, 0.25) is 0 Å². The number of carbonyl (C=O) groups is 3. The highest BCUT2D eigenvalue weighted by Gasteiger charge is 2.43. The highest BCUT2D eigenvalue weighted by molar-refractivity contribution is 7.09. The fourth-order valence-corrected chi connectivity index (χ4v) is 6.09. The van der Waals surface area contributed by atoms with Gasteiger partial charge in [0, 0.05) is 24.9 Å².